The lowest BCUT2D eigenvalue weighted by Crippen LogP contribution is -2.32. The molecule has 22 heavy (non-hydrogen) atoms. The Balaban J connectivity index is 1.69. The number of amides is 2. The van der Waals surface area contributed by atoms with Crippen molar-refractivity contribution >= 4 is 23.5 Å². The average Bonchev–Trinajstić information content (AvgIpc) is 3.11. The number of fused-ring (bicyclic) bond motifs is 5. The third-order valence-electron chi connectivity index (χ3n) is 5.25. The van der Waals surface area contributed by atoms with Crippen molar-refractivity contribution in [2.45, 2.75) is 13.3 Å². The monoisotopic (exact) mass is 297 g/mol. The average molecular weight is 297 g/mol. The summed E-state index contributed by atoms with van der Waals surface area (Å²) in [5, 5.41) is 8.93. The van der Waals surface area contributed by atoms with Crippen LogP contribution in [0.2, 0.25) is 0 Å². The quantitative estimate of drug-likeness (QED) is 0.670. The molecule has 112 valence electrons. The van der Waals surface area contributed by atoms with E-state index >= 15 is 0 Å². The lowest BCUT2D eigenvalue weighted by molar-refractivity contribution is -0.123. The minimum atomic E-state index is -1.03. The summed E-state index contributed by atoms with van der Waals surface area (Å²) < 4.78 is 0. The number of hydrogen-bond acceptors (Lipinski definition) is 3. The van der Waals surface area contributed by atoms with Gasteiger partial charge in [0, 0.05) is 0 Å². The molecule has 1 heterocycles. The summed E-state index contributed by atoms with van der Waals surface area (Å²) in [7, 11) is 0. The maximum atomic E-state index is 12.7. The van der Waals surface area contributed by atoms with E-state index in [1.54, 1.807) is 0 Å². The van der Waals surface area contributed by atoms with Gasteiger partial charge in [0.25, 0.3) is 0 Å². The zero-order valence-electron chi connectivity index (χ0n) is 12.0. The van der Waals surface area contributed by atoms with Crippen molar-refractivity contribution in [1.82, 2.24) is 0 Å². The minimum Gasteiger partial charge on any atom is -0.478 e. The van der Waals surface area contributed by atoms with Gasteiger partial charge >= 0.3 is 5.97 Å². The molecule has 1 N–H and O–H groups in total. The molecule has 1 aromatic rings. The van der Waals surface area contributed by atoms with Crippen molar-refractivity contribution in [3.05, 3.63) is 41.5 Å². The molecule has 0 aromatic heterocycles. The summed E-state index contributed by atoms with van der Waals surface area (Å²) in [6.45, 7) is 2.03. The van der Waals surface area contributed by atoms with Crippen LogP contribution in [0.3, 0.4) is 0 Å². The lowest BCUT2D eigenvalue weighted by Gasteiger charge is -2.19. The molecule has 0 unspecified atom stereocenters. The van der Waals surface area contributed by atoms with E-state index in [9.17, 15) is 14.4 Å². The summed E-state index contributed by atoms with van der Waals surface area (Å²) >= 11 is 0. The van der Waals surface area contributed by atoms with Gasteiger partial charge in [0.05, 0.1) is 23.1 Å². The van der Waals surface area contributed by atoms with E-state index in [4.69, 9.17) is 5.11 Å². The Morgan fingerprint density at radius 2 is 1.77 bits per heavy atom. The second-order valence-corrected chi connectivity index (χ2v) is 6.33. The van der Waals surface area contributed by atoms with Crippen LogP contribution in [0.25, 0.3) is 0 Å². The molecule has 0 spiro atoms. The fraction of sp³-hybridized carbons (Fsp3) is 0.353. The normalized spacial score (nSPS) is 32.4. The Bertz CT molecular complexity index is 734. The number of benzene rings is 1. The number of carbonyl (C=O) groups excluding carboxylic acids is 2. The van der Waals surface area contributed by atoms with Crippen LogP contribution in [-0.4, -0.2) is 22.9 Å². The molecule has 1 saturated carbocycles. The number of carboxylic acids is 1. The van der Waals surface area contributed by atoms with Gasteiger partial charge in [-0.05, 0) is 49.4 Å². The molecule has 1 saturated heterocycles. The van der Waals surface area contributed by atoms with E-state index in [-0.39, 0.29) is 41.0 Å². The fourth-order valence-electron chi connectivity index (χ4n) is 4.28. The summed E-state index contributed by atoms with van der Waals surface area (Å²) in [5.74, 6) is -1.42. The van der Waals surface area contributed by atoms with Crippen molar-refractivity contribution in [1.29, 1.82) is 0 Å². The van der Waals surface area contributed by atoms with E-state index in [1.165, 1.54) is 34.7 Å². The summed E-state index contributed by atoms with van der Waals surface area (Å²) in [6.07, 6.45) is 3.04. The number of hydrogen-bond donors (Lipinski definition) is 1. The van der Waals surface area contributed by atoms with Crippen LogP contribution in [0.15, 0.2) is 35.9 Å². The number of imide groups is 1. The van der Waals surface area contributed by atoms with E-state index in [0.29, 0.717) is 5.69 Å². The molecule has 5 nitrogen and oxygen atoms in total. The largest absolute Gasteiger partial charge is 0.478 e. The first-order valence-electron chi connectivity index (χ1n) is 7.38. The molecular formula is C17H15NO4. The van der Waals surface area contributed by atoms with Gasteiger partial charge in [0.1, 0.15) is 0 Å². The van der Waals surface area contributed by atoms with Crippen LogP contribution < -0.4 is 4.90 Å². The second kappa shape index (κ2) is 4.29. The molecule has 2 aliphatic carbocycles. The molecule has 3 aliphatic rings. The number of carbonyl (C=O) groups is 3. The highest BCUT2D eigenvalue weighted by Crippen LogP contribution is 2.55. The number of allylic oxidation sites excluding steroid dienone is 2. The Hall–Kier alpha value is -2.43. The highest BCUT2D eigenvalue weighted by molar-refractivity contribution is 6.22. The van der Waals surface area contributed by atoms with Crippen molar-refractivity contribution in [2.75, 3.05) is 4.90 Å². The molecule has 4 atom stereocenters. The van der Waals surface area contributed by atoms with Gasteiger partial charge in [0.2, 0.25) is 11.8 Å². The van der Waals surface area contributed by atoms with Crippen molar-refractivity contribution < 1.29 is 19.5 Å². The van der Waals surface area contributed by atoms with Crippen molar-refractivity contribution in [3.8, 4) is 0 Å². The van der Waals surface area contributed by atoms with Gasteiger partial charge in [-0.25, -0.2) is 4.79 Å². The zero-order valence-corrected chi connectivity index (χ0v) is 12.0. The van der Waals surface area contributed by atoms with E-state index in [2.05, 4.69) is 6.08 Å². The van der Waals surface area contributed by atoms with E-state index < -0.39 is 5.97 Å². The maximum Gasteiger partial charge on any atom is 0.335 e. The maximum absolute atomic E-state index is 12.7. The van der Waals surface area contributed by atoms with Gasteiger partial charge in [-0.1, -0.05) is 11.6 Å². The summed E-state index contributed by atoms with van der Waals surface area (Å²) in [4.78, 5) is 37.5. The highest BCUT2D eigenvalue weighted by atomic mass is 16.4. The zero-order chi connectivity index (χ0) is 15.6. The minimum absolute atomic E-state index is 0.139. The van der Waals surface area contributed by atoms with Crippen molar-refractivity contribution in [3.63, 3.8) is 0 Å². The lowest BCUT2D eigenvalue weighted by atomic mass is 9.82. The van der Waals surface area contributed by atoms with Gasteiger partial charge in [-0.3, -0.25) is 14.5 Å². The second-order valence-electron chi connectivity index (χ2n) is 6.33. The standard InChI is InChI=1S/C17H15NO4/c1-8-6-10-7-12(8)14-13(10)15(19)18(16(14)20)11-4-2-9(3-5-11)17(21)22/h2-6,10,12-14H,7H2,1H3,(H,21,22)/t10-,12+,13+,14-/m0/s1. The van der Waals surface area contributed by atoms with Crippen molar-refractivity contribution in [2.24, 2.45) is 23.7 Å². The highest BCUT2D eigenvalue weighted by Gasteiger charge is 2.60. The first kappa shape index (κ1) is 13.2. The predicted molar refractivity (Wildman–Crippen MR) is 78.2 cm³/mol. The smallest absolute Gasteiger partial charge is 0.335 e. The SMILES string of the molecule is CC1=C[C@H]2C[C@H]1[C@@H]1C(=O)N(c3ccc(C(=O)O)cc3)C(=O)[C@@H]12. The van der Waals surface area contributed by atoms with E-state index in [1.807, 2.05) is 6.92 Å². The molecule has 0 radical (unpaired) electrons. The number of anilines is 1. The fourth-order valence-corrected chi connectivity index (χ4v) is 4.28. The predicted octanol–water partition coefficient (Wildman–Crippen LogP) is 2.09. The number of rotatable bonds is 2. The number of carboxylic acid groups (broad SMARTS) is 1. The Morgan fingerprint density at radius 1 is 1.14 bits per heavy atom. The summed E-state index contributed by atoms with van der Waals surface area (Å²) in [6, 6.07) is 5.90. The molecule has 5 heteroatoms. The molecule has 1 aromatic carbocycles. The topological polar surface area (TPSA) is 74.7 Å². The Kier molecular flexibility index (Phi) is 2.58. The van der Waals surface area contributed by atoms with Crippen LogP contribution in [0.5, 0.6) is 0 Å². The van der Waals surface area contributed by atoms with Crippen LogP contribution in [0.1, 0.15) is 23.7 Å². The van der Waals surface area contributed by atoms with E-state index in [0.717, 1.165) is 6.42 Å². The number of aromatic carboxylic acids is 1. The van der Waals surface area contributed by atoms with Gasteiger partial charge in [-0.15, -0.1) is 0 Å². The third kappa shape index (κ3) is 1.56. The van der Waals surface area contributed by atoms with Gasteiger partial charge in [-0.2, -0.15) is 0 Å². The first-order valence-corrected chi connectivity index (χ1v) is 7.38. The van der Waals surface area contributed by atoms with Crippen LogP contribution in [-0.2, 0) is 9.59 Å². The molecule has 1 aliphatic heterocycles. The molecule has 2 fully saturated rings. The van der Waals surface area contributed by atoms with Crippen LogP contribution in [0.4, 0.5) is 5.69 Å². The molecule has 2 bridgehead atoms. The third-order valence-corrected chi connectivity index (χ3v) is 5.25. The van der Waals surface area contributed by atoms with Gasteiger partial charge in [0.15, 0.2) is 0 Å². The Labute approximate surface area is 127 Å². The first-order chi connectivity index (χ1) is 10.5. The molecular weight excluding hydrogens is 282 g/mol. The van der Waals surface area contributed by atoms with Gasteiger partial charge < -0.3 is 5.11 Å². The van der Waals surface area contributed by atoms with Crippen LogP contribution >= 0.6 is 0 Å². The van der Waals surface area contributed by atoms with Crippen LogP contribution in [0, 0.1) is 23.7 Å². The Morgan fingerprint density at radius 3 is 2.41 bits per heavy atom. The number of nitrogens with zero attached hydrogens (tertiary/aromatic N) is 1. The summed E-state index contributed by atoms with van der Waals surface area (Å²) in [5.41, 5.74) is 1.82. The molecule has 2 amide bonds. The molecule has 4 rings (SSSR count).